The van der Waals surface area contributed by atoms with Gasteiger partial charge in [0.15, 0.2) is 0 Å². The number of para-hydroxylation sites is 1. The van der Waals surface area contributed by atoms with Crippen molar-refractivity contribution in [2.45, 2.75) is 26.3 Å². The topological polar surface area (TPSA) is 66.5 Å². The fourth-order valence-corrected chi connectivity index (χ4v) is 3.96. The summed E-state index contributed by atoms with van der Waals surface area (Å²) in [5.74, 6) is -1.29. The van der Waals surface area contributed by atoms with E-state index in [0.717, 1.165) is 22.2 Å². The highest BCUT2D eigenvalue weighted by atomic mass is 35.5. The molecule has 0 heterocycles. The number of rotatable bonds is 6. The van der Waals surface area contributed by atoms with Crippen molar-refractivity contribution >= 4 is 38.9 Å². The molecule has 8 heteroatoms. The molecule has 0 fully saturated rings. The van der Waals surface area contributed by atoms with E-state index in [-0.39, 0.29) is 12.1 Å². The molecule has 0 aromatic heterocycles. The molecule has 26 heavy (non-hydrogen) atoms. The molecule has 0 aliphatic rings. The SMILES string of the molecule is CC[C@@H](C(=O)Nc1ccc(C)c(Cl)c1)N(c1ccccc1F)S(C)(=O)=O. The number of amides is 1. The number of benzene rings is 2. The zero-order chi connectivity index (χ0) is 19.5. The van der Waals surface area contributed by atoms with Crippen LogP contribution in [0.25, 0.3) is 0 Å². The number of carbonyl (C=O) groups excluding carboxylic acids is 1. The summed E-state index contributed by atoms with van der Waals surface area (Å²) in [5.41, 5.74) is 1.12. The number of hydrogen-bond donors (Lipinski definition) is 1. The molecule has 0 spiro atoms. The van der Waals surface area contributed by atoms with Crippen LogP contribution in [0.3, 0.4) is 0 Å². The maximum Gasteiger partial charge on any atom is 0.248 e. The molecule has 0 saturated carbocycles. The highest BCUT2D eigenvalue weighted by Gasteiger charge is 2.33. The molecule has 0 radical (unpaired) electrons. The molecule has 2 aromatic rings. The third kappa shape index (κ3) is 4.53. The van der Waals surface area contributed by atoms with Crippen LogP contribution in [0.2, 0.25) is 5.02 Å². The molecule has 0 aliphatic heterocycles. The summed E-state index contributed by atoms with van der Waals surface area (Å²) in [6.45, 7) is 3.48. The molecule has 140 valence electrons. The largest absolute Gasteiger partial charge is 0.324 e. The van der Waals surface area contributed by atoms with Gasteiger partial charge in [-0.1, -0.05) is 36.7 Å². The van der Waals surface area contributed by atoms with Gasteiger partial charge in [0.2, 0.25) is 15.9 Å². The molecule has 1 amide bonds. The first-order valence-corrected chi connectivity index (χ1v) is 10.2. The second kappa shape index (κ2) is 8.05. The van der Waals surface area contributed by atoms with E-state index in [1.54, 1.807) is 25.1 Å². The molecule has 2 aromatic carbocycles. The maximum absolute atomic E-state index is 14.2. The van der Waals surface area contributed by atoms with Gasteiger partial charge >= 0.3 is 0 Å². The van der Waals surface area contributed by atoms with Gasteiger partial charge in [-0.05, 0) is 43.2 Å². The van der Waals surface area contributed by atoms with Crippen molar-refractivity contribution in [1.82, 2.24) is 0 Å². The lowest BCUT2D eigenvalue weighted by Gasteiger charge is -2.30. The van der Waals surface area contributed by atoms with E-state index < -0.39 is 27.8 Å². The van der Waals surface area contributed by atoms with E-state index in [0.29, 0.717) is 10.7 Å². The summed E-state index contributed by atoms with van der Waals surface area (Å²) in [7, 11) is -3.90. The van der Waals surface area contributed by atoms with Crippen molar-refractivity contribution in [1.29, 1.82) is 0 Å². The van der Waals surface area contributed by atoms with Crippen molar-refractivity contribution in [2.75, 3.05) is 15.9 Å². The van der Waals surface area contributed by atoms with Crippen molar-refractivity contribution < 1.29 is 17.6 Å². The molecule has 0 unspecified atom stereocenters. The van der Waals surface area contributed by atoms with Crippen LogP contribution in [0.5, 0.6) is 0 Å². The normalized spacial score (nSPS) is 12.5. The number of halogens is 2. The summed E-state index contributed by atoms with van der Waals surface area (Å²) < 4.78 is 39.6. The molecular formula is C18H20ClFN2O3S. The second-order valence-electron chi connectivity index (χ2n) is 5.89. The van der Waals surface area contributed by atoms with Crippen molar-refractivity contribution in [3.8, 4) is 0 Å². The number of carbonyl (C=O) groups is 1. The first kappa shape index (κ1) is 20.2. The van der Waals surface area contributed by atoms with E-state index in [4.69, 9.17) is 11.6 Å². The standard InChI is InChI=1S/C18H20ClFN2O3S/c1-4-16(18(23)21-13-10-9-12(2)14(19)11-13)22(26(3,24)25)17-8-6-5-7-15(17)20/h5-11,16H,4H2,1-3H3,(H,21,23)/t16-/m0/s1. The minimum Gasteiger partial charge on any atom is -0.324 e. The Hall–Kier alpha value is -2.12. The summed E-state index contributed by atoms with van der Waals surface area (Å²) >= 11 is 6.06. The lowest BCUT2D eigenvalue weighted by Crippen LogP contribution is -2.47. The second-order valence-corrected chi connectivity index (χ2v) is 8.15. The Morgan fingerprint density at radius 1 is 1.27 bits per heavy atom. The number of nitrogens with zero attached hydrogens (tertiary/aromatic N) is 1. The van der Waals surface area contributed by atoms with E-state index in [1.165, 1.54) is 18.2 Å². The summed E-state index contributed by atoms with van der Waals surface area (Å²) in [6.07, 6.45) is 1.10. The van der Waals surface area contributed by atoms with E-state index in [1.807, 2.05) is 6.92 Å². The van der Waals surface area contributed by atoms with Crippen molar-refractivity contribution in [2.24, 2.45) is 0 Å². The van der Waals surface area contributed by atoms with Gasteiger partial charge in [-0.2, -0.15) is 0 Å². The first-order valence-electron chi connectivity index (χ1n) is 7.96. The molecule has 1 atom stereocenters. The maximum atomic E-state index is 14.2. The predicted octanol–water partition coefficient (Wildman–Crippen LogP) is 3.97. The molecule has 0 aliphatic carbocycles. The number of sulfonamides is 1. The smallest absolute Gasteiger partial charge is 0.248 e. The van der Waals surface area contributed by atoms with Crippen molar-refractivity contribution in [3.05, 3.63) is 58.9 Å². The van der Waals surface area contributed by atoms with Gasteiger partial charge in [0, 0.05) is 10.7 Å². The van der Waals surface area contributed by atoms with Crippen LogP contribution >= 0.6 is 11.6 Å². The van der Waals surface area contributed by atoms with Gasteiger partial charge in [-0.15, -0.1) is 0 Å². The first-order chi connectivity index (χ1) is 12.1. The van der Waals surface area contributed by atoms with Crippen LogP contribution in [-0.2, 0) is 14.8 Å². The predicted molar refractivity (Wildman–Crippen MR) is 103 cm³/mol. The lowest BCUT2D eigenvalue weighted by atomic mass is 10.1. The van der Waals surface area contributed by atoms with Gasteiger partial charge in [-0.3, -0.25) is 9.10 Å². The van der Waals surface area contributed by atoms with Crippen LogP contribution in [0.4, 0.5) is 15.8 Å². The van der Waals surface area contributed by atoms with Crippen LogP contribution < -0.4 is 9.62 Å². The summed E-state index contributed by atoms with van der Waals surface area (Å²) in [4.78, 5) is 12.7. The average molecular weight is 399 g/mol. The number of aryl methyl sites for hydroxylation is 1. The third-order valence-corrected chi connectivity index (χ3v) is 5.43. The minimum atomic E-state index is -3.90. The van der Waals surface area contributed by atoms with Crippen molar-refractivity contribution in [3.63, 3.8) is 0 Å². The molecule has 2 rings (SSSR count). The molecule has 1 N–H and O–H groups in total. The molecule has 5 nitrogen and oxygen atoms in total. The van der Waals surface area contributed by atoms with Crippen LogP contribution in [-0.4, -0.2) is 26.6 Å². The van der Waals surface area contributed by atoms with Gasteiger partial charge in [0.25, 0.3) is 0 Å². The summed E-state index contributed by atoms with van der Waals surface area (Å²) in [6, 6.07) is 9.32. The monoisotopic (exact) mass is 398 g/mol. The number of nitrogens with one attached hydrogen (secondary N) is 1. The lowest BCUT2D eigenvalue weighted by molar-refractivity contribution is -0.117. The third-order valence-electron chi connectivity index (χ3n) is 3.86. The van der Waals surface area contributed by atoms with Crippen LogP contribution in [0.1, 0.15) is 18.9 Å². The fourth-order valence-electron chi connectivity index (χ4n) is 2.56. The average Bonchev–Trinajstić information content (AvgIpc) is 2.55. The van der Waals surface area contributed by atoms with E-state index in [9.17, 15) is 17.6 Å². The highest BCUT2D eigenvalue weighted by Crippen LogP contribution is 2.26. The molecule has 0 saturated heterocycles. The van der Waals surface area contributed by atoms with Gasteiger partial charge in [0.05, 0.1) is 11.9 Å². The Balaban J connectivity index is 2.40. The Morgan fingerprint density at radius 3 is 2.46 bits per heavy atom. The zero-order valence-corrected chi connectivity index (χ0v) is 16.2. The van der Waals surface area contributed by atoms with E-state index in [2.05, 4.69) is 5.32 Å². The zero-order valence-electron chi connectivity index (χ0n) is 14.7. The molecule has 0 bridgehead atoms. The highest BCUT2D eigenvalue weighted by molar-refractivity contribution is 7.92. The van der Waals surface area contributed by atoms with E-state index >= 15 is 0 Å². The Bertz CT molecular complexity index is 918. The van der Waals surface area contributed by atoms with Gasteiger partial charge < -0.3 is 5.32 Å². The minimum absolute atomic E-state index is 0.160. The number of anilines is 2. The summed E-state index contributed by atoms with van der Waals surface area (Å²) in [5, 5.41) is 3.13. The quantitative estimate of drug-likeness (QED) is 0.800. The fraction of sp³-hybridized carbons (Fsp3) is 0.278. The Morgan fingerprint density at radius 2 is 1.92 bits per heavy atom. The van der Waals surface area contributed by atoms with Gasteiger partial charge in [-0.25, -0.2) is 12.8 Å². The van der Waals surface area contributed by atoms with Crippen LogP contribution in [0, 0.1) is 12.7 Å². The van der Waals surface area contributed by atoms with Crippen LogP contribution in [0.15, 0.2) is 42.5 Å². The Labute approximate surface area is 157 Å². The Kier molecular flexibility index (Phi) is 6.26. The molecular weight excluding hydrogens is 379 g/mol. The number of hydrogen-bond acceptors (Lipinski definition) is 3. The van der Waals surface area contributed by atoms with Gasteiger partial charge in [0.1, 0.15) is 11.9 Å².